The molecule has 1 heterocycles. The van der Waals surface area contributed by atoms with Gasteiger partial charge in [-0.2, -0.15) is 5.26 Å². The molecule has 0 spiro atoms. The molecular formula is C22H16ClN3S. The van der Waals surface area contributed by atoms with Crippen LogP contribution in [-0.4, -0.2) is 9.55 Å². The molecule has 3 nitrogen and oxygen atoms in total. The van der Waals surface area contributed by atoms with Crippen LogP contribution in [0.25, 0.3) is 11.0 Å². The van der Waals surface area contributed by atoms with E-state index in [9.17, 15) is 0 Å². The fraction of sp³-hybridized carbons (Fsp3) is 0.0909. The third kappa shape index (κ3) is 4.00. The highest BCUT2D eigenvalue weighted by molar-refractivity contribution is 7.98. The van der Waals surface area contributed by atoms with Crippen LogP contribution in [0.1, 0.15) is 16.7 Å². The molecule has 0 N–H and O–H groups in total. The maximum Gasteiger partial charge on any atom is 0.169 e. The molecule has 0 saturated carbocycles. The Kier molecular flexibility index (Phi) is 5.15. The molecule has 0 saturated heterocycles. The lowest BCUT2D eigenvalue weighted by atomic mass is 10.2. The number of aromatic nitrogens is 2. The number of nitriles is 1. The quantitative estimate of drug-likeness (QED) is 0.399. The fourth-order valence-corrected chi connectivity index (χ4v) is 4.07. The molecule has 0 unspecified atom stereocenters. The monoisotopic (exact) mass is 389 g/mol. The highest BCUT2D eigenvalue weighted by Crippen LogP contribution is 2.29. The zero-order chi connectivity index (χ0) is 18.6. The van der Waals surface area contributed by atoms with E-state index in [1.54, 1.807) is 11.8 Å². The molecule has 4 aromatic rings. The largest absolute Gasteiger partial charge is 0.314 e. The number of halogens is 1. The van der Waals surface area contributed by atoms with Crippen LogP contribution in [0.4, 0.5) is 0 Å². The third-order valence-corrected chi connectivity index (χ3v) is 5.59. The molecule has 0 fully saturated rings. The maximum absolute atomic E-state index is 8.94. The van der Waals surface area contributed by atoms with Crippen molar-refractivity contribution < 1.29 is 0 Å². The first-order chi connectivity index (χ1) is 13.2. The van der Waals surface area contributed by atoms with E-state index in [1.807, 2.05) is 48.5 Å². The molecule has 0 radical (unpaired) electrons. The van der Waals surface area contributed by atoms with Crippen LogP contribution in [0, 0.1) is 11.3 Å². The molecule has 0 bridgehead atoms. The van der Waals surface area contributed by atoms with Crippen molar-refractivity contribution in [2.24, 2.45) is 0 Å². The van der Waals surface area contributed by atoms with Crippen molar-refractivity contribution in [2.45, 2.75) is 17.5 Å². The Balaban J connectivity index is 1.65. The summed E-state index contributed by atoms with van der Waals surface area (Å²) in [5, 5.41) is 10.6. The molecule has 0 aliphatic carbocycles. The summed E-state index contributed by atoms with van der Waals surface area (Å²) in [7, 11) is 0. The van der Waals surface area contributed by atoms with Gasteiger partial charge in [-0.1, -0.05) is 65.8 Å². The van der Waals surface area contributed by atoms with Crippen molar-refractivity contribution in [1.82, 2.24) is 9.55 Å². The van der Waals surface area contributed by atoms with Gasteiger partial charge in [0.2, 0.25) is 0 Å². The van der Waals surface area contributed by atoms with E-state index in [0.717, 1.165) is 34.1 Å². The van der Waals surface area contributed by atoms with Gasteiger partial charge in [0.05, 0.1) is 29.2 Å². The summed E-state index contributed by atoms with van der Waals surface area (Å²) in [6, 6.07) is 26.0. The van der Waals surface area contributed by atoms with Gasteiger partial charge in [0.1, 0.15) is 0 Å². The number of hydrogen-bond donors (Lipinski definition) is 0. The number of nitrogens with zero attached hydrogens (tertiary/aromatic N) is 3. The molecule has 3 aromatic carbocycles. The molecule has 0 aliphatic rings. The highest BCUT2D eigenvalue weighted by atomic mass is 35.5. The average Bonchev–Trinajstić information content (AvgIpc) is 3.04. The Bertz CT molecular complexity index is 1110. The van der Waals surface area contributed by atoms with Crippen LogP contribution in [0.2, 0.25) is 5.02 Å². The minimum absolute atomic E-state index is 0.676. The first kappa shape index (κ1) is 17.7. The van der Waals surface area contributed by atoms with Crippen LogP contribution in [0.3, 0.4) is 0 Å². The number of hydrogen-bond acceptors (Lipinski definition) is 3. The highest BCUT2D eigenvalue weighted by Gasteiger charge is 2.12. The fourth-order valence-electron chi connectivity index (χ4n) is 2.93. The van der Waals surface area contributed by atoms with Crippen molar-refractivity contribution in [2.75, 3.05) is 0 Å². The standard InChI is InChI=1S/C22H16ClN3S/c23-19-10-11-21-20(12-19)25-22(26(21)14-17-4-2-1-3-5-17)27-15-18-8-6-16(13-24)7-9-18/h1-12H,14-15H2. The van der Waals surface area contributed by atoms with Crippen LogP contribution in [0.15, 0.2) is 78.0 Å². The number of rotatable bonds is 5. The molecular weight excluding hydrogens is 374 g/mol. The maximum atomic E-state index is 8.94. The average molecular weight is 390 g/mol. The number of benzene rings is 3. The van der Waals surface area contributed by atoms with Crippen molar-refractivity contribution >= 4 is 34.4 Å². The summed E-state index contributed by atoms with van der Waals surface area (Å²) >= 11 is 7.85. The van der Waals surface area contributed by atoms with E-state index < -0.39 is 0 Å². The van der Waals surface area contributed by atoms with Gasteiger partial charge in [0.15, 0.2) is 5.16 Å². The molecule has 0 amide bonds. The first-order valence-corrected chi connectivity index (χ1v) is 9.91. The van der Waals surface area contributed by atoms with Gasteiger partial charge >= 0.3 is 0 Å². The molecule has 132 valence electrons. The zero-order valence-corrected chi connectivity index (χ0v) is 16.0. The van der Waals surface area contributed by atoms with Gasteiger partial charge in [0.25, 0.3) is 0 Å². The second-order valence-corrected chi connectivity index (χ2v) is 7.58. The summed E-state index contributed by atoms with van der Waals surface area (Å²) in [6.45, 7) is 0.759. The van der Waals surface area contributed by atoms with Crippen LogP contribution in [0.5, 0.6) is 0 Å². The van der Waals surface area contributed by atoms with E-state index in [0.29, 0.717) is 10.6 Å². The van der Waals surface area contributed by atoms with Gasteiger partial charge in [-0.3, -0.25) is 0 Å². The SMILES string of the molecule is N#Cc1ccc(CSc2nc3cc(Cl)ccc3n2Cc2ccccc2)cc1. The van der Waals surface area contributed by atoms with Crippen molar-refractivity contribution in [3.8, 4) is 6.07 Å². The predicted molar refractivity (Wildman–Crippen MR) is 111 cm³/mol. The van der Waals surface area contributed by atoms with Gasteiger partial charge in [-0.05, 0) is 41.5 Å². The number of fused-ring (bicyclic) bond motifs is 1. The van der Waals surface area contributed by atoms with Gasteiger partial charge in [-0.15, -0.1) is 0 Å². The van der Waals surface area contributed by atoms with Crippen molar-refractivity contribution in [3.05, 3.63) is 94.5 Å². The number of thioether (sulfide) groups is 1. The number of imidazole rings is 1. The summed E-state index contributed by atoms with van der Waals surface area (Å²) < 4.78 is 2.23. The molecule has 1 aromatic heterocycles. The third-order valence-electron chi connectivity index (χ3n) is 4.31. The van der Waals surface area contributed by atoms with Crippen LogP contribution >= 0.6 is 23.4 Å². The van der Waals surface area contributed by atoms with E-state index in [4.69, 9.17) is 21.8 Å². The summed E-state index contributed by atoms with van der Waals surface area (Å²) in [4.78, 5) is 4.81. The lowest BCUT2D eigenvalue weighted by Crippen LogP contribution is -2.01. The van der Waals surface area contributed by atoms with Gasteiger partial charge < -0.3 is 4.57 Å². The zero-order valence-electron chi connectivity index (χ0n) is 14.5. The Labute approximate surface area is 167 Å². The smallest absolute Gasteiger partial charge is 0.169 e. The summed E-state index contributed by atoms with van der Waals surface area (Å²) in [5.74, 6) is 0.789. The van der Waals surface area contributed by atoms with Crippen molar-refractivity contribution in [3.63, 3.8) is 0 Å². The molecule has 0 atom stereocenters. The lowest BCUT2D eigenvalue weighted by Gasteiger charge is -2.09. The van der Waals surface area contributed by atoms with Crippen LogP contribution in [-0.2, 0) is 12.3 Å². The van der Waals surface area contributed by atoms with E-state index in [-0.39, 0.29) is 0 Å². The summed E-state index contributed by atoms with van der Waals surface area (Å²) in [6.07, 6.45) is 0. The minimum Gasteiger partial charge on any atom is -0.314 e. The van der Waals surface area contributed by atoms with E-state index in [2.05, 4.69) is 34.9 Å². The van der Waals surface area contributed by atoms with Crippen molar-refractivity contribution in [1.29, 1.82) is 5.26 Å². The summed E-state index contributed by atoms with van der Waals surface area (Å²) in [5.41, 5.74) is 5.04. The van der Waals surface area contributed by atoms with Gasteiger partial charge in [0, 0.05) is 10.8 Å². The molecule has 0 aliphatic heterocycles. The lowest BCUT2D eigenvalue weighted by molar-refractivity contribution is 0.731. The Morgan fingerprint density at radius 3 is 2.48 bits per heavy atom. The molecule has 5 heteroatoms. The normalized spacial score (nSPS) is 10.8. The predicted octanol–water partition coefficient (Wildman–Crippen LogP) is 5.90. The second kappa shape index (κ2) is 7.87. The second-order valence-electron chi connectivity index (χ2n) is 6.20. The first-order valence-electron chi connectivity index (χ1n) is 8.54. The molecule has 4 rings (SSSR count). The van der Waals surface area contributed by atoms with Gasteiger partial charge in [-0.25, -0.2) is 4.98 Å². The van der Waals surface area contributed by atoms with E-state index in [1.165, 1.54) is 5.56 Å². The van der Waals surface area contributed by atoms with Crippen LogP contribution < -0.4 is 0 Å². The Morgan fingerprint density at radius 1 is 0.963 bits per heavy atom. The Morgan fingerprint density at radius 2 is 1.74 bits per heavy atom. The Hall–Kier alpha value is -2.74. The molecule has 27 heavy (non-hydrogen) atoms. The van der Waals surface area contributed by atoms with E-state index >= 15 is 0 Å². The topological polar surface area (TPSA) is 41.6 Å². The minimum atomic E-state index is 0.676.